The van der Waals surface area contributed by atoms with Crippen LogP contribution in [-0.4, -0.2) is 35.6 Å². The minimum atomic E-state index is -0.456. The first kappa shape index (κ1) is 19.9. The molecule has 0 aliphatic heterocycles. The van der Waals surface area contributed by atoms with Crippen molar-refractivity contribution in [1.29, 1.82) is 0 Å². The van der Waals surface area contributed by atoms with Crippen molar-refractivity contribution in [1.82, 2.24) is 9.97 Å². The first-order valence-electron chi connectivity index (χ1n) is 8.67. The smallest absolute Gasteiger partial charge is 0.337 e. The summed E-state index contributed by atoms with van der Waals surface area (Å²) in [5.74, 6) is -0.598. The van der Waals surface area contributed by atoms with E-state index in [4.69, 9.17) is 4.74 Å². The van der Waals surface area contributed by atoms with Crippen molar-refractivity contribution in [2.45, 2.75) is 6.92 Å². The summed E-state index contributed by atoms with van der Waals surface area (Å²) in [6, 6.07) is 13.6. The number of benzene rings is 2. The van der Waals surface area contributed by atoms with Crippen LogP contribution in [0.1, 0.15) is 16.1 Å². The first-order valence-corrected chi connectivity index (χ1v) is 8.67. The zero-order valence-electron chi connectivity index (χ0n) is 15.8. The van der Waals surface area contributed by atoms with Gasteiger partial charge in [-0.25, -0.2) is 14.2 Å². The zero-order valence-corrected chi connectivity index (χ0v) is 15.8. The summed E-state index contributed by atoms with van der Waals surface area (Å²) < 4.78 is 23.2. The zero-order chi connectivity index (χ0) is 20.8. The van der Waals surface area contributed by atoms with Crippen molar-refractivity contribution in [2.24, 2.45) is 0 Å². The van der Waals surface area contributed by atoms with Crippen molar-refractivity contribution in [3.63, 3.8) is 0 Å². The van der Waals surface area contributed by atoms with E-state index in [1.807, 2.05) is 0 Å². The number of rotatable bonds is 6. The molecule has 29 heavy (non-hydrogen) atoms. The highest BCUT2D eigenvalue weighted by atomic mass is 19.1. The Bertz CT molecular complexity index is 1020. The van der Waals surface area contributed by atoms with Crippen molar-refractivity contribution in [3.8, 4) is 17.3 Å². The van der Waals surface area contributed by atoms with Crippen LogP contribution in [0.3, 0.4) is 0 Å². The van der Waals surface area contributed by atoms with Gasteiger partial charge in [0.1, 0.15) is 5.82 Å². The van der Waals surface area contributed by atoms with E-state index in [2.05, 4.69) is 20.0 Å². The van der Waals surface area contributed by atoms with E-state index < -0.39 is 11.9 Å². The molecule has 1 N–H and O–H groups in total. The standard InChI is InChI=1S/C21H18FN3O4/c1-13-11-19(25-20(23-13)14-3-7-16(22)8-4-14)29-12-18(26)24-17-9-5-15(6-10-17)21(27)28-2/h3-11H,12H2,1-2H3,(H,24,26). The third-order valence-corrected chi connectivity index (χ3v) is 3.87. The molecule has 0 spiro atoms. The van der Waals surface area contributed by atoms with Gasteiger partial charge in [-0.3, -0.25) is 4.79 Å². The third-order valence-electron chi connectivity index (χ3n) is 3.87. The van der Waals surface area contributed by atoms with Gasteiger partial charge in [-0.05, 0) is 55.5 Å². The molecule has 2 aromatic carbocycles. The molecule has 0 aliphatic carbocycles. The molecular formula is C21H18FN3O4. The minimum Gasteiger partial charge on any atom is -0.467 e. The number of aryl methyl sites for hydroxylation is 1. The molecule has 0 saturated carbocycles. The lowest BCUT2D eigenvalue weighted by Gasteiger charge is -2.09. The van der Waals surface area contributed by atoms with Crippen LogP contribution in [0.15, 0.2) is 54.6 Å². The molecular weight excluding hydrogens is 377 g/mol. The molecule has 0 atom stereocenters. The fourth-order valence-corrected chi connectivity index (χ4v) is 2.49. The molecule has 3 rings (SSSR count). The summed E-state index contributed by atoms with van der Waals surface area (Å²) in [6.07, 6.45) is 0. The number of aromatic nitrogens is 2. The predicted molar refractivity (Wildman–Crippen MR) is 104 cm³/mol. The normalized spacial score (nSPS) is 10.3. The maximum absolute atomic E-state index is 13.1. The molecule has 0 fully saturated rings. The number of hydrogen-bond donors (Lipinski definition) is 1. The molecule has 1 aromatic heterocycles. The number of amides is 1. The van der Waals surface area contributed by atoms with E-state index in [1.165, 1.54) is 19.2 Å². The lowest BCUT2D eigenvalue weighted by Crippen LogP contribution is -2.20. The summed E-state index contributed by atoms with van der Waals surface area (Å²) >= 11 is 0. The minimum absolute atomic E-state index is 0.230. The fraction of sp³-hybridized carbons (Fsp3) is 0.143. The Morgan fingerprint density at radius 2 is 1.72 bits per heavy atom. The van der Waals surface area contributed by atoms with Gasteiger partial charge in [0, 0.05) is 23.0 Å². The second-order valence-electron chi connectivity index (χ2n) is 6.08. The van der Waals surface area contributed by atoms with Gasteiger partial charge in [0.25, 0.3) is 5.91 Å². The Morgan fingerprint density at radius 1 is 1.03 bits per heavy atom. The van der Waals surface area contributed by atoms with E-state index >= 15 is 0 Å². The second kappa shape index (κ2) is 8.92. The molecule has 1 heterocycles. The van der Waals surface area contributed by atoms with Crippen LogP contribution in [0.25, 0.3) is 11.4 Å². The number of ether oxygens (including phenoxy) is 2. The van der Waals surface area contributed by atoms with Gasteiger partial charge in [-0.15, -0.1) is 0 Å². The van der Waals surface area contributed by atoms with Crippen LogP contribution in [-0.2, 0) is 9.53 Å². The first-order chi connectivity index (χ1) is 13.9. The van der Waals surface area contributed by atoms with Crippen molar-refractivity contribution >= 4 is 17.6 Å². The molecule has 0 saturated heterocycles. The van der Waals surface area contributed by atoms with E-state index in [-0.39, 0.29) is 18.3 Å². The molecule has 0 unspecified atom stereocenters. The number of methoxy groups -OCH3 is 1. The average molecular weight is 395 g/mol. The maximum Gasteiger partial charge on any atom is 0.337 e. The molecule has 3 aromatic rings. The van der Waals surface area contributed by atoms with E-state index in [9.17, 15) is 14.0 Å². The number of nitrogens with zero attached hydrogens (tertiary/aromatic N) is 2. The maximum atomic E-state index is 13.1. The highest BCUT2D eigenvalue weighted by molar-refractivity contribution is 5.93. The Balaban J connectivity index is 1.62. The molecule has 0 radical (unpaired) electrons. The Hall–Kier alpha value is -3.81. The Labute approximate surface area is 166 Å². The van der Waals surface area contributed by atoms with Crippen LogP contribution >= 0.6 is 0 Å². The Kier molecular flexibility index (Phi) is 6.13. The summed E-state index contributed by atoms with van der Waals surface area (Å²) in [7, 11) is 1.30. The largest absolute Gasteiger partial charge is 0.467 e. The van der Waals surface area contributed by atoms with Gasteiger partial charge in [-0.2, -0.15) is 4.98 Å². The second-order valence-corrected chi connectivity index (χ2v) is 6.08. The number of esters is 1. The van der Waals surface area contributed by atoms with Crippen LogP contribution in [0.4, 0.5) is 10.1 Å². The fourth-order valence-electron chi connectivity index (χ4n) is 2.49. The molecule has 0 aliphatic rings. The van der Waals surface area contributed by atoms with E-state index in [1.54, 1.807) is 49.4 Å². The number of nitrogens with one attached hydrogen (secondary N) is 1. The summed E-state index contributed by atoms with van der Waals surface area (Å²) in [5, 5.41) is 2.66. The molecule has 148 valence electrons. The molecule has 0 bridgehead atoms. The van der Waals surface area contributed by atoms with Crippen molar-refractivity contribution in [3.05, 3.63) is 71.7 Å². The highest BCUT2D eigenvalue weighted by Crippen LogP contribution is 2.19. The lowest BCUT2D eigenvalue weighted by molar-refractivity contribution is -0.118. The topological polar surface area (TPSA) is 90.4 Å². The highest BCUT2D eigenvalue weighted by Gasteiger charge is 2.10. The van der Waals surface area contributed by atoms with Crippen LogP contribution < -0.4 is 10.1 Å². The molecule has 8 heteroatoms. The number of anilines is 1. The van der Waals surface area contributed by atoms with Gasteiger partial charge in [-0.1, -0.05) is 0 Å². The van der Waals surface area contributed by atoms with Gasteiger partial charge >= 0.3 is 5.97 Å². The van der Waals surface area contributed by atoms with Crippen molar-refractivity contribution in [2.75, 3.05) is 19.0 Å². The average Bonchev–Trinajstić information content (AvgIpc) is 2.72. The van der Waals surface area contributed by atoms with Crippen LogP contribution in [0.5, 0.6) is 5.88 Å². The number of halogens is 1. The quantitative estimate of drug-likeness (QED) is 0.644. The van der Waals surface area contributed by atoms with Crippen LogP contribution in [0.2, 0.25) is 0 Å². The summed E-state index contributed by atoms with van der Waals surface area (Å²) in [4.78, 5) is 32.1. The van der Waals surface area contributed by atoms with Crippen LogP contribution in [0, 0.1) is 12.7 Å². The van der Waals surface area contributed by atoms with E-state index in [0.717, 1.165) is 0 Å². The SMILES string of the molecule is COC(=O)c1ccc(NC(=O)COc2cc(C)nc(-c3ccc(F)cc3)n2)cc1. The number of carbonyl (C=O) groups excluding carboxylic acids is 2. The Morgan fingerprint density at radius 3 is 2.38 bits per heavy atom. The molecule has 1 amide bonds. The van der Waals surface area contributed by atoms with Gasteiger partial charge in [0.2, 0.25) is 5.88 Å². The van der Waals surface area contributed by atoms with Gasteiger partial charge in [0.15, 0.2) is 12.4 Å². The monoisotopic (exact) mass is 395 g/mol. The third kappa shape index (κ3) is 5.35. The number of carbonyl (C=O) groups is 2. The lowest BCUT2D eigenvalue weighted by atomic mass is 10.2. The summed E-state index contributed by atoms with van der Waals surface area (Å²) in [6.45, 7) is 1.50. The van der Waals surface area contributed by atoms with Gasteiger partial charge in [0.05, 0.1) is 12.7 Å². The predicted octanol–water partition coefficient (Wildman–Crippen LogP) is 3.40. The number of hydrogen-bond acceptors (Lipinski definition) is 6. The summed E-state index contributed by atoms with van der Waals surface area (Å²) in [5.41, 5.74) is 2.17. The van der Waals surface area contributed by atoms with Crippen molar-refractivity contribution < 1.29 is 23.5 Å². The van der Waals surface area contributed by atoms with E-state index in [0.29, 0.717) is 28.3 Å². The molecule has 7 nitrogen and oxygen atoms in total. The van der Waals surface area contributed by atoms with Gasteiger partial charge < -0.3 is 14.8 Å².